The normalized spacial score (nSPS) is 23.0. The number of thiocarbonyl (C=S) groups is 1. The molecule has 1 fully saturated rings. The molecule has 2 atom stereocenters. The summed E-state index contributed by atoms with van der Waals surface area (Å²) in [7, 11) is -3.59. The van der Waals surface area contributed by atoms with Gasteiger partial charge in [-0.2, -0.15) is 0 Å². The second-order valence-electron chi connectivity index (χ2n) is 5.37. The van der Waals surface area contributed by atoms with Crippen LogP contribution in [0.15, 0.2) is 23.1 Å². The van der Waals surface area contributed by atoms with Crippen molar-refractivity contribution in [2.75, 3.05) is 6.61 Å². The van der Waals surface area contributed by atoms with Gasteiger partial charge in [-0.25, -0.2) is 13.1 Å². The van der Waals surface area contributed by atoms with E-state index >= 15 is 0 Å². The fraction of sp³-hybridized carbons (Fsp3) is 0.500. The molecule has 7 heteroatoms. The number of nitrogens with two attached hydrogens (primary N) is 1. The third-order valence-electron chi connectivity index (χ3n) is 3.57. The first kappa shape index (κ1) is 16.4. The van der Waals surface area contributed by atoms with Crippen LogP contribution in [0, 0.1) is 6.92 Å². The SMILES string of the molecule is Cc1ccc(C(N)=S)cc1S(=O)(=O)NC1CCOC(C)C1. The van der Waals surface area contributed by atoms with Crippen LogP contribution in [-0.2, 0) is 14.8 Å². The fourth-order valence-electron chi connectivity index (χ4n) is 2.43. The lowest BCUT2D eigenvalue weighted by atomic mass is 10.1. The lowest BCUT2D eigenvalue weighted by Crippen LogP contribution is -2.41. The van der Waals surface area contributed by atoms with Gasteiger partial charge in [-0.15, -0.1) is 0 Å². The van der Waals surface area contributed by atoms with Crippen LogP contribution < -0.4 is 10.5 Å². The quantitative estimate of drug-likeness (QED) is 0.818. The maximum atomic E-state index is 12.6. The molecule has 3 N–H and O–H groups in total. The highest BCUT2D eigenvalue weighted by Gasteiger charge is 2.26. The van der Waals surface area contributed by atoms with Gasteiger partial charge in [-0.1, -0.05) is 24.4 Å². The standard InChI is InChI=1S/C14H20N2O3S2/c1-9-3-4-11(14(15)20)8-13(9)21(17,18)16-12-5-6-19-10(2)7-12/h3-4,8,10,12,16H,5-7H2,1-2H3,(H2,15,20). The number of sulfonamides is 1. The highest BCUT2D eigenvalue weighted by atomic mass is 32.2. The van der Waals surface area contributed by atoms with E-state index in [2.05, 4.69) is 4.72 Å². The van der Waals surface area contributed by atoms with Gasteiger partial charge in [-0.05, 0) is 38.3 Å². The van der Waals surface area contributed by atoms with Gasteiger partial charge in [0.1, 0.15) is 4.99 Å². The molecule has 5 nitrogen and oxygen atoms in total. The first-order valence-corrected chi connectivity index (χ1v) is 8.73. The highest BCUT2D eigenvalue weighted by molar-refractivity contribution is 7.89. The molecule has 116 valence electrons. The summed E-state index contributed by atoms with van der Waals surface area (Å²) < 4.78 is 33.3. The van der Waals surface area contributed by atoms with Crippen molar-refractivity contribution >= 4 is 27.2 Å². The molecule has 21 heavy (non-hydrogen) atoms. The van der Waals surface area contributed by atoms with Crippen LogP contribution >= 0.6 is 12.2 Å². The fourth-order valence-corrected chi connectivity index (χ4v) is 4.11. The molecular formula is C14H20N2O3S2. The zero-order chi connectivity index (χ0) is 15.6. The van der Waals surface area contributed by atoms with E-state index in [1.165, 1.54) is 6.07 Å². The second kappa shape index (κ2) is 6.39. The zero-order valence-corrected chi connectivity index (χ0v) is 13.8. The van der Waals surface area contributed by atoms with E-state index in [1.54, 1.807) is 19.1 Å². The third kappa shape index (κ3) is 4.00. The van der Waals surface area contributed by atoms with E-state index in [9.17, 15) is 8.42 Å². The first-order valence-electron chi connectivity index (χ1n) is 6.84. The lowest BCUT2D eigenvalue weighted by molar-refractivity contribution is 0.0173. The monoisotopic (exact) mass is 328 g/mol. The minimum Gasteiger partial charge on any atom is -0.389 e. The van der Waals surface area contributed by atoms with E-state index in [4.69, 9.17) is 22.7 Å². The predicted octanol–water partition coefficient (Wildman–Crippen LogP) is 1.48. The van der Waals surface area contributed by atoms with Crippen LogP contribution in [0.25, 0.3) is 0 Å². The van der Waals surface area contributed by atoms with E-state index in [0.29, 0.717) is 30.6 Å². The second-order valence-corrected chi connectivity index (χ2v) is 7.49. The summed E-state index contributed by atoms with van der Waals surface area (Å²) in [5.41, 5.74) is 6.80. The molecule has 0 radical (unpaired) electrons. The van der Waals surface area contributed by atoms with Crippen LogP contribution in [0.1, 0.15) is 30.9 Å². The Morgan fingerprint density at radius 1 is 1.48 bits per heavy atom. The van der Waals surface area contributed by atoms with Crippen LogP contribution in [0.2, 0.25) is 0 Å². The minimum atomic E-state index is -3.59. The number of ether oxygens (including phenoxy) is 1. The smallest absolute Gasteiger partial charge is 0.241 e. The molecule has 1 saturated heterocycles. The van der Waals surface area contributed by atoms with E-state index in [0.717, 1.165) is 0 Å². The topological polar surface area (TPSA) is 81.4 Å². The van der Waals surface area contributed by atoms with Crippen LogP contribution in [0.3, 0.4) is 0 Å². The Bertz CT molecular complexity index is 644. The summed E-state index contributed by atoms with van der Waals surface area (Å²) in [6.07, 6.45) is 1.42. The summed E-state index contributed by atoms with van der Waals surface area (Å²) in [5.74, 6) is 0. The van der Waals surface area contributed by atoms with Gasteiger partial charge in [0.25, 0.3) is 0 Å². The molecule has 1 heterocycles. The maximum Gasteiger partial charge on any atom is 0.241 e. The Hall–Kier alpha value is -1.02. The Labute approximate surface area is 130 Å². The largest absolute Gasteiger partial charge is 0.389 e. The van der Waals surface area contributed by atoms with Crippen molar-refractivity contribution in [2.45, 2.75) is 43.7 Å². The average Bonchev–Trinajstić information content (AvgIpc) is 2.38. The number of hydrogen-bond donors (Lipinski definition) is 2. The van der Waals surface area contributed by atoms with Crippen molar-refractivity contribution in [2.24, 2.45) is 5.73 Å². The summed E-state index contributed by atoms with van der Waals surface area (Å²) in [6.45, 7) is 4.27. The van der Waals surface area contributed by atoms with Gasteiger partial charge in [0, 0.05) is 18.2 Å². The molecule has 0 aliphatic carbocycles. The number of rotatable bonds is 4. The molecule has 0 aromatic heterocycles. The first-order chi connectivity index (χ1) is 9.79. The summed E-state index contributed by atoms with van der Waals surface area (Å²) in [4.78, 5) is 0.415. The Balaban J connectivity index is 2.26. The molecular weight excluding hydrogens is 308 g/mol. The van der Waals surface area contributed by atoms with Gasteiger partial charge < -0.3 is 10.5 Å². The van der Waals surface area contributed by atoms with Gasteiger partial charge in [0.05, 0.1) is 11.0 Å². The van der Waals surface area contributed by atoms with Crippen LogP contribution in [0.5, 0.6) is 0 Å². The van der Waals surface area contributed by atoms with Crippen molar-refractivity contribution in [3.05, 3.63) is 29.3 Å². The van der Waals surface area contributed by atoms with Crippen LogP contribution in [0.4, 0.5) is 0 Å². The summed E-state index contributed by atoms with van der Waals surface area (Å²) in [5, 5.41) is 0. The Kier molecular flexibility index (Phi) is 4.98. The van der Waals surface area contributed by atoms with Crippen LogP contribution in [-0.4, -0.2) is 32.2 Å². The molecule has 1 aliphatic heterocycles. The molecule has 0 spiro atoms. The van der Waals surface area contributed by atoms with Crippen molar-refractivity contribution in [1.29, 1.82) is 0 Å². The highest BCUT2D eigenvalue weighted by Crippen LogP contribution is 2.20. The number of benzene rings is 1. The number of hydrogen-bond acceptors (Lipinski definition) is 4. The lowest BCUT2D eigenvalue weighted by Gasteiger charge is -2.28. The van der Waals surface area contributed by atoms with Gasteiger partial charge in [0.2, 0.25) is 10.0 Å². The summed E-state index contributed by atoms with van der Waals surface area (Å²) in [6, 6.07) is 4.87. The number of nitrogens with one attached hydrogen (secondary N) is 1. The molecule has 1 aliphatic rings. The van der Waals surface area contributed by atoms with Crippen molar-refractivity contribution < 1.29 is 13.2 Å². The average molecular weight is 328 g/mol. The molecule has 0 bridgehead atoms. The summed E-state index contributed by atoms with van der Waals surface area (Å²) >= 11 is 4.91. The molecule has 1 aromatic carbocycles. The van der Waals surface area contributed by atoms with Crippen molar-refractivity contribution in [1.82, 2.24) is 4.72 Å². The van der Waals surface area contributed by atoms with E-state index in [1.807, 2.05) is 6.92 Å². The van der Waals surface area contributed by atoms with Crippen molar-refractivity contribution in [3.63, 3.8) is 0 Å². The molecule has 2 unspecified atom stereocenters. The number of aryl methyl sites for hydroxylation is 1. The Morgan fingerprint density at radius 2 is 2.19 bits per heavy atom. The van der Waals surface area contributed by atoms with Gasteiger partial charge in [0.15, 0.2) is 0 Å². The maximum absolute atomic E-state index is 12.6. The van der Waals surface area contributed by atoms with E-state index < -0.39 is 10.0 Å². The molecule has 0 amide bonds. The molecule has 1 aromatic rings. The zero-order valence-electron chi connectivity index (χ0n) is 12.1. The van der Waals surface area contributed by atoms with Gasteiger partial charge >= 0.3 is 0 Å². The van der Waals surface area contributed by atoms with Gasteiger partial charge in [-0.3, -0.25) is 0 Å². The molecule has 0 saturated carbocycles. The minimum absolute atomic E-state index is 0.0653. The molecule has 2 rings (SSSR count). The van der Waals surface area contributed by atoms with Crippen molar-refractivity contribution in [3.8, 4) is 0 Å². The Morgan fingerprint density at radius 3 is 2.81 bits per heavy atom. The third-order valence-corrected chi connectivity index (χ3v) is 5.47. The van der Waals surface area contributed by atoms with E-state index in [-0.39, 0.29) is 22.0 Å². The predicted molar refractivity (Wildman–Crippen MR) is 85.8 cm³/mol.